The first-order chi connectivity index (χ1) is 12.2. The first kappa shape index (κ1) is 15.8. The van der Waals surface area contributed by atoms with Gasteiger partial charge in [-0.05, 0) is 55.2 Å². The third-order valence-electron chi connectivity index (χ3n) is 4.95. The first-order valence-corrected chi connectivity index (χ1v) is 8.71. The summed E-state index contributed by atoms with van der Waals surface area (Å²) < 4.78 is 16.8. The van der Waals surface area contributed by atoms with E-state index in [-0.39, 0.29) is 11.5 Å². The molecule has 0 saturated heterocycles. The maximum absolute atomic E-state index is 13.3. The summed E-state index contributed by atoms with van der Waals surface area (Å²) in [5.74, 6) is 0.250. The highest BCUT2D eigenvalue weighted by molar-refractivity contribution is 5.61. The number of nitrogens with zero attached hydrogens (tertiary/aromatic N) is 3. The Balaban J connectivity index is 1.83. The van der Waals surface area contributed by atoms with E-state index in [0.29, 0.717) is 11.6 Å². The van der Waals surface area contributed by atoms with Gasteiger partial charge in [-0.3, -0.25) is 14.1 Å². The van der Waals surface area contributed by atoms with Crippen molar-refractivity contribution in [1.82, 2.24) is 14.1 Å². The summed E-state index contributed by atoms with van der Waals surface area (Å²) in [5, 5.41) is 0. The first-order valence-electron chi connectivity index (χ1n) is 8.71. The van der Waals surface area contributed by atoms with Gasteiger partial charge in [0.05, 0.1) is 11.4 Å². The zero-order valence-electron chi connectivity index (χ0n) is 13.9. The van der Waals surface area contributed by atoms with Crippen molar-refractivity contribution in [3.05, 3.63) is 71.3 Å². The molecule has 3 aromatic rings. The molecule has 0 radical (unpaired) electrons. The molecule has 1 aromatic carbocycles. The Kier molecular flexibility index (Phi) is 4.22. The Labute approximate surface area is 145 Å². The molecule has 1 fully saturated rings. The normalized spacial score (nSPS) is 14.9. The summed E-state index contributed by atoms with van der Waals surface area (Å²) in [6, 6.07) is 9.81. The van der Waals surface area contributed by atoms with Crippen molar-refractivity contribution in [2.24, 2.45) is 5.92 Å². The fourth-order valence-electron chi connectivity index (χ4n) is 3.66. The number of benzene rings is 1. The van der Waals surface area contributed by atoms with Gasteiger partial charge in [0.25, 0.3) is 0 Å². The van der Waals surface area contributed by atoms with Crippen LogP contribution in [0.1, 0.15) is 25.7 Å². The van der Waals surface area contributed by atoms with Crippen molar-refractivity contribution >= 4 is 0 Å². The van der Waals surface area contributed by atoms with Crippen LogP contribution in [0.15, 0.2) is 59.8 Å². The molecule has 0 aliphatic heterocycles. The minimum Gasteiger partial charge on any atom is -0.298 e. The van der Waals surface area contributed by atoms with Crippen molar-refractivity contribution in [1.29, 1.82) is 0 Å². The molecule has 4 nitrogen and oxygen atoms in total. The predicted octanol–water partition coefficient (Wildman–Crippen LogP) is 4.03. The average Bonchev–Trinajstić information content (AvgIpc) is 3.26. The standard InChI is InChI=1S/C20H20FN3O/c21-17-5-7-18(8-6-17)24-19(16-9-11-22-12-10-16)14-23(20(24)25)13-15-3-1-2-4-15/h5-12,14-15H,1-4,13H2. The van der Waals surface area contributed by atoms with Gasteiger partial charge in [0.2, 0.25) is 0 Å². The summed E-state index contributed by atoms with van der Waals surface area (Å²) in [6.07, 6.45) is 10.2. The molecular formula is C20H20FN3O. The number of aromatic nitrogens is 3. The van der Waals surface area contributed by atoms with Crippen LogP contribution in [0, 0.1) is 11.7 Å². The van der Waals surface area contributed by atoms with Crippen LogP contribution in [0.5, 0.6) is 0 Å². The van der Waals surface area contributed by atoms with E-state index in [1.807, 2.05) is 18.3 Å². The maximum atomic E-state index is 13.3. The molecule has 1 saturated carbocycles. The number of halogens is 1. The highest BCUT2D eigenvalue weighted by atomic mass is 19.1. The molecule has 25 heavy (non-hydrogen) atoms. The topological polar surface area (TPSA) is 39.8 Å². The molecule has 0 unspecified atom stereocenters. The molecule has 5 heteroatoms. The van der Waals surface area contributed by atoms with Crippen LogP contribution in [0.2, 0.25) is 0 Å². The zero-order valence-corrected chi connectivity index (χ0v) is 13.9. The molecule has 2 aromatic heterocycles. The molecule has 0 N–H and O–H groups in total. The van der Waals surface area contributed by atoms with E-state index in [4.69, 9.17) is 0 Å². The Morgan fingerprint density at radius 3 is 2.40 bits per heavy atom. The van der Waals surface area contributed by atoms with Gasteiger partial charge in [-0.15, -0.1) is 0 Å². The number of rotatable bonds is 4. The molecule has 0 amide bonds. The number of hydrogen-bond donors (Lipinski definition) is 0. The van der Waals surface area contributed by atoms with Gasteiger partial charge in [-0.1, -0.05) is 12.8 Å². The summed E-state index contributed by atoms with van der Waals surface area (Å²) >= 11 is 0. The molecule has 1 aliphatic rings. The zero-order chi connectivity index (χ0) is 17.2. The van der Waals surface area contributed by atoms with Crippen LogP contribution >= 0.6 is 0 Å². The van der Waals surface area contributed by atoms with E-state index in [1.165, 1.54) is 37.8 Å². The van der Waals surface area contributed by atoms with Crippen LogP contribution < -0.4 is 5.69 Å². The van der Waals surface area contributed by atoms with E-state index in [9.17, 15) is 9.18 Å². The van der Waals surface area contributed by atoms with E-state index in [2.05, 4.69) is 4.98 Å². The monoisotopic (exact) mass is 337 g/mol. The van der Waals surface area contributed by atoms with E-state index >= 15 is 0 Å². The molecule has 2 heterocycles. The quantitative estimate of drug-likeness (QED) is 0.721. The van der Waals surface area contributed by atoms with Crippen molar-refractivity contribution in [3.8, 4) is 16.9 Å². The summed E-state index contributed by atoms with van der Waals surface area (Å²) in [7, 11) is 0. The maximum Gasteiger partial charge on any atom is 0.333 e. The fraction of sp³-hybridized carbons (Fsp3) is 0.300. The van der Waals surface area contributed by atoms with Crippen LogP contribution in [0.4, 0.5) is 4.39 Å². The van der Waals surface area contributed by atoms with Gasteiger partial charge in [0, 0.05) is 30.7 Å². The Bertz CT molecular complexity index is 906. The van der Waals surface area contributed by atoms with Gasteiger partial charge >= 0.3 is 5.69 Å². The lowest BCUT2D eigenvalue weighted by Crippen LogP contribution is -2.25. The van der Waals surface area contributed by atoms with Crippen LogP contribution in [-0.2, 0) is 6.54 Å². The third kappa shape index (κ3) is 3.14. The van der Waals surface area contributed by atoms with E-state index < -0.39 is 0 Å². The molecule has 128 valence electrons. The third-order valence-corrected chi connectivity index (χ3v) is 4.95. The molecular weight excluding hydrogens is 317 g/mol. The van der Waals surface area contributed by atoms with E-state index in [1.54, 1.807) is 33.7 Å². The van der Waals surface area contributed by atoms with Gasteiger partial charge in [0.1, 0.15) is 5.82 Å². The largest absolute Gasteiger partial charge is 0.333 e. The van der Waals surface area contributed by atoms with Crippen molar-refractivity contribution in [2.45, 2.75) is 32.2 Å². The number of hydrogen-bond acceptors (Lipinski definition) is 2. The Hall–Kier alpha value is -2.69. The van der Waals surface area contributed by atoms with Gasteiger partial charge in [-0.25, -0.2) is 9.18 Å². The molecule has 0 spiro atoms. The minimum atomic E-state index is -0.312. The predicted molar refractivity (Wildman–Crippen MR) is 95.2 cm³/mol. The molecule has 0 atom stereocenters. The second-order valence-corrected chi connectivity index (χ2v) is 6.65. The summed E-state index contributed by atoms with van der Waals surface area (Å²) in [6.45, 7) is 0.741. The summed E-state index contributed by atoms with van der Waals surface area (Å²) in [5.41, 5.74) is 2.31. The molecule has 4 rings (SSSR count). The van der Waals surface area contributed by atoms with Gasteiger partial charge in [-0.2, -0.15) is 0 Å². The highest BCUT2D eigenvalue weighted by Crippen LogP contribution is 2.27. The van der Waals surface area contributed by atoms with E-state index in [0.717, 1.165) is 17.8 Å². The lowest BCUT2D eigenvalue weighted by Gasteiger charge is -2.08. The Morgan fingerprint density at radius 2 is 1.72 bits per heavy atom. The minimum absolute atomic E-state index is 0.0784. The van der Waals surface area contributed by atoms with Crippen LogP contribution in [0.25, 0.3) is 16.9 Å². The van der Waals surface area contributed by atoms with Gasteiger partial charge < -0.3 is 0 Å². The fourth-order valence-corrected chi connectivity index (χ4v) is 3.66. The van der Waals surface area contributed by atoms with Crippen molar-refractivity contribution in [3.63, 3.8) is 0 Å². The van der Waals surface area contributed by atoms with Crippen molar-refractivity contribution in [2.75, 3.05) is 0 Å². The number of imidazole rings is 1. The molecule has 0 bridgehead atoms. The van der Waals surface area contributed by atoms with Crippen LogP contribution in [-0.4, -0.2) is 14.1 Å². The SMILES string of the molecule is O=c1n(CC2CCCC2)cc(-c2ccncc2)n1-c1ccc(F)cc1. The lowest BCUT2D eigenvalue weighted by atomic mass is 10.1. The second kappa shape index (κ2) is 6.67. The Morgan fingerprint density at radius 1 is 1.04 bits per heavy atom. The highest BCUT2D eigenvalue weighted by Gasteiger charge is 2.20. The summed E-state index contributed by atoms with van der Waals surface area (Å²) in [4.78, 5) is 17.1. The van der Waals surface area contributed by atoms with Crippen LogP contribution in [0.3, 0.4) is 0 Å². The van der Waals surface area contributed by atoms with Crippen molar-refractivity contribution < 1.29 is 4.39 Å². The average molecular weight is 337 g/mol. The lowest BCUT2D eigenvalue weighted by molar-refractivity contribution is 0.448. The number of pyridine rings is 1. The smallest absolute Gasteiger partial charge is 0.298 e. The molecule has 1 aliphatic carbocycles. The van der Waals surface area contributed by atoms with Gasteiger partial charge in [0.15, 0.2) is 0 Å². The second-order valence-electron chi connectivity index (χ2n) is 6.65.